The SMILES string of the molecule is CC(NC(=O)c1cccc(Cl)c1Cl)C(=O)N1CCCC(COc2ccccc2)C1. The molecule has 1 aliphatic heterocycles. The van der Waals surface area contributed by atoms with E-state index in [4.69, 9.17) is 27.9 Å². The fraction of sp³-hybridized carbons (Fsp3) is 0.364. The molecule has 0 radical (unpaired) electrons. The van der Waals surface area contributed by atoms with Crippen molar-refractivity contribution in [3.8, 4) is 5.75 Å². The molecule has 2 aromatic carbocycles. The third-order valence-electron chi connectivity index (χ3n) is 4.97. The number of carbonyl (C=O) groups excluding carboxylic acids is 2. The molecule has 2 aromatic rings. The fourth-order valence-electron chi connectivity index (χ4n) is 3.42. The zero-order chi connectivity index (χ0) is 20.8. The van der Waals surface area contributed by atoms with Crippen LogP contribution in [0, 0.1) is 5.92 Å². The minimum atomic E-state index is -0.661. The van der Waals surface area contributed by atoms with Gasteiger partial charge in [-0.05, 0) is 44.0 Å². The Bertz CT molecular complexity index is 860. The van der Waals surface area contributed by atoms with Crippen LogP contribution >= 0.6 is 23.2 Å². The number of benzene rings is 2. The van der Waals surface area contributed by atoms with Gasteiger partial charge >= 0.3 is 0 Å². The Labute approximate surface area is 180 Å². The molecule has 7 heteroatoms. The van der Waals surface area contributed by atoms with Crippen LogP contribution in [0.4, 0.5) is 0 Å². The Morgan fingerprint density at radius 2 is 1.93 bits per heavy atom. The van der Waals surface area contributed by atoms with Gasteiger partial charge in [0, 0.05) is 19.0 Å². The molecule has 154 valence electrons. The predicted octanol–water partition coefficient (Wildman–Crippen LogP) is 4.43. The molecule has 1 aliphatic rings. The van der Waals surface area contributed by atoms with Gasteiger partial charge in [0.05, 0.1) is 22.2 Å². The Hall–Kier alpha value is -2.24. The molecule has 0 bridgehead atoms. The van der Waals surface area contributed by atoms with E-state index in [1.807, 2.05) is 30.3 Å². The lowest BCUT2D eigenvalue weighted by molar-refractivity contribution is -0.134. The van der Waals surface area contributed by atoms with Gasteiger partial charge in [0.25, 0.3) is 5.91 Å². The number of likely N-dealkylation sites (tertiary alicyclic amines) is 1. The third kappa shape index (κ3) is 5.64. The van der Waals surface area contributed by atoms with Gasteiger partial charge in [0.1, 0.15) is 11.8 Å². The van der Waals surface area contributed by atoms with Crippen LogP contribution < -0.4 is 10.1 Å². The van der Waals surface area contributed by atoms with E-state index in [9.17, 15) is 9.59 Å². The number of ether oxygens (including phenoxy) is 1. The highest BCUT2D eigenvalue weighted by molar-refractivity contribution is 6.43. The van der Waals surface area contributed by atoms with Gasteiger partial charge in [0.2, 0.25) is 5.91 Å². The van der Waals surface area contributed by atoms with Crippen LogP contribution in [0.5, 0.6) is 5.75 Å². The van der Waals surface area contributed by atoms with Crippen LogP contribution in [-0.2, 0) is 4.79 Å². The molecule has 2 atom stereocenters. The molecule has 0 spiro atoms. The van der Waals surface area contributed by atoms with E-state index in [1.165, 1.54) is 0 Å². The molecule has 0 aliphatic carbocycles. The number of carbonyl (C=O) groups is 2. The summed E-state index contributed by atoms with van der Waals surface area (Å²) in [5.74, 6) is 0.563. The summed E-state index contributed by atoms with van der Waals surface area (Å²) in [5.41, 5.74) is 0.256. The molecule has 29 heavy (non-hydrogen) atoms. The monoisotopic (exact) mass is 434 g/mol. The van der Waals surface area contributed by atoms with Crippen LogP contribution in [-0.4, -0.2) is 42.5 Å². The van der Waals surface area contributed by atoms with Crippen molar-refractivity contribution in [2.75, 3.05) is 19.7 Å². The van der Waals surface area contributed by atoms with E-state index in [1.54, 1.807) is 30.0 Å². The lowest BCUT2D eigenvalue weighted by Crippen LogP contribution is -2.50. The van der Waals surface area contributed by atoms with Gasteiger partial charge in [0.15, 0.2) is 0 Å². The number of amides is 2. The molecule has 0 saturated carbocycles. The summed E-state index contributed by atoms with van der Waals surface area (Å²) in [6.07, 6.45) is 1.92. The third-order valence-corrected chi connectivity index (χ3v) is 5.79. The van der Waals surface area contributed by atoms with Gasteiger partial charge in [-0.25, -0.2) is 0 Å². The van der Waals surface area contributed by atoms with Crippen LogP contribution in [0.3, 0.4) is 0 Å². The first-order valence-electron chi connectivity index (χ1n) is 9.67. The molecule has 1 heterocycles. The number of hydrogen-bond donors (Lipinski definition) is 1. The van der Waals surface area contributed by atoms with Crippen molar-refractivity contribution in [1.82, 2.24) is 10.2 Å². The summed E-state index contributed by atoms with van der Waals surface area (Å²) in [4.78, 5) is 27.1. The van der Waals surface area contributed by atoms with E-state index in [2.05, 4.69) is 5.32 Å². The second kappa shape index (κ2) is 9.99. The van der Waals surface area contributed by atoms with Gasteiger partial charge < -0.3 is 15.0 Å². The normalized spacial score (nSPS) is 17.5. The number of piperidine rings is 1. The molecule has 5 nitrogen and oxygen atoms in total. The fourth-order valence-corrected chi connectivity index (χ4v) is 3.81. The smallest absolute Gasteiger partial charge is 0.253 e. The maximum Gasteiger partial charge on any atom is 0.253 e. The second-order valence-corrected chi connectivity index (χ2v) is 8.00. The molecular formula is C22H24Cl2N2O3. The van der Waals surface area contributed by atoms with E-state index >= 15 is 0 Å². The molecule has 2 unspecified atom stereocenters. The van der Waals surface area contributed by atoms with Crippen molar-refractivity contribution < 1.29 is 14.3 Å². The minimum Gasteiger partial charge on any atom is -0.493 e. The summed E-state index contributed by atoms with van der Waals surface area (Å²) in [6.45, 7) is 3.54. The van der Waals surface area contributed by atoms with E-state index in [0.717, 1.165) is 18.6 Å². The minimum absolute atomic E-state index is 0.110. The molecule has 1 N–H and O–H groups in total. The maximum absolute atomic E-state index is 12.8. The van der Waals surface area contributed by atoms with E-state index < -0.39 is 11.9 Å². The van der Waals surface area contributed by atoms with Crippen molar-refractivity contribution in [3.63, 3.8) is 0 Å². The summed E-state index contributed by atoms with van der Waals surface area (Å²) < 4.78 is 5.85. The van der Waals surface area contributed by atoms with Crippen LogP contribution in [0.2, 0.25) is 10.0 Å². The highest BCUT2D eigenvalue weighted by Gasteiger charge is 2.28. The van der Waals surface area contributed by atoms with Crippen molar-refractivity contribution in [1.29, 1.82) is 0 Å². The first-order chi connectivity index (χ1) is 14.0. The Morgan fingerprint density at radius 1 is 1.17 bits per heavy atom. The Balaban J connectivity index is 1.54. The molecule has 0 aromatic heterocycles. The van der Waals surface area contributed by atoms with E-state index in [-0.39, 0.29) is 22.4 Å². The highest BCUT2D eigenvalue weighted by atomic mass is 35.5. The zero-order valence-electron chi connectivity index (χ0n) is 16.2. The van der Waals surface area contributed by atoms with Crippen molar-refractivity contribution in [2.45, 2.75) is 25.8 Å². The topological polar surface area (TPSA) is 58.6 Å². The lowest BCUT2D eigenvalue weighted by Gasteiger charge is -2.34. The van der Waals surface area contributed by atoms with Crippen LogP contribution in [0.1, 0.15) is 30.1 Å². The van der Waals surface area contributed by atoms with Crippen molar-refractivity contribution >= 4 is 35.0 Å². The first-order valence-corrected chi connectivity index (χ1v) is 10.4. The molecular weight excluding hydrogens is 411 g/mol. The number of para-hydroxylation sites is 1. The zero-order valence-corrected chi connectivity index (χ0v) is 17.7. The van der Waals surface area contributed by atoms with Gasteiger partial charge in [-0.15, -0.1) is 0 Å². The average Bonchev–Trinajstić information content (AvgIpc) is 2.74. The van der Waals surface area contributed by atoms with Gasteiger partial charge in [-0.1, -0.05) is 47.5 Å². The largest absolute Gasteiger partial charge is 0.493 e. The highest BCUT2D eigenvalue weighted by Crippen LogP contribution is 2.25. The maximum atomic E-state index is 12.8. The van der Waals surface area contributed by atoms with E-state index in [0.29, 0.717) is 24.7 Å². The number of rotatable bonds is 6. The number of nitrogens with one attached hydrogen (secondary N) is 1. The quantitative estimate of drug-likeness (QED) is 0.731. The van der Waals surface area contributed by atoms with Crippen LogP contribution in [0.25, 0.3) is 0 Å². The summed E-state index contributed by atoms with van der Waals surface area (Å²) in [5, 5.41) is 3.21. The van der Waals surface area contributed by atoms with Crippen LogP contribution in [0.15, 0.2) is 48.5 Å². The molecule has 3 rings (SSSR count). The molecule has 1 fully saturated rings. The number of hydrogen-bond acceptors (Lipinski definition) is 3. The number of halogens is 2. The Morgan fingerprint density at radius 3 is 2.69 bits per heavy atom. The Kier molecular flexibility index (Phi) is 7.40. The average molecular weight is 435 g/mol. The van der Waals surface area contributed by atoms with Crippen molar-refractivity contribution in [3.05, 3.63) is 64.1 Å². The standard InChI is InChI=1S/C22H24Cl2N2O3/c1-15(25-21(27)18-10-5-11-19(23)20(18)24)22(28)26-12-6-7-16(13-26)14-29-17-8-3-2-4-9-17/h2-5,8-11,15-16H,6-7,12-14H2,1H3,(H,25,27). The van der Waals surface area contributed by atoms with Crippen molar-refractivity contribution in [2.24, 2.45) is 5.92 Å². The second-order valence-electron chi connectivity index (χ2n) is 7.21. The predicted molar refractivity (Wildman–Crippen MR) is 115 cm³/mol. The number of nitrogens with zero attached hydrogens (tertiary/aromatic N) is 1. The first kappa shape index (κ1) is 21.5. The summed E-state index contributed by atoms with van der Waals surface area (Å²) >= 11 is 12.1. The molecule has 2 amide bonds. The molecule has 1 saturated heterocycles. The van der Waals surface area contributed by atoms with Gasteiger partial charge in [-0.3, -0.25) is 9.59 Å². The summed E-state index contributed by atoms with van der Waals surface area (Å²) in [6, 6.07) is 13.8. The van der Waals surface area contributed by atoms with Gasteiger partial charge in [-0.2, -0.15) is 0 Å². The summed E-state index contributed by atoms with van der Waals surface area (Å²) in [7, 11) is 0. The lowest BCUT2D eigenvalue weighted by atomic mass is 9.98.